The molecular weight excluding hydrogens is 362 g/mol. The predicted octanol–water partition coefficient (Wildman–Crippen LogP) is 0.515. The molecule has 2 atom stereocenters. The van der Waals surface area contributed by atoms with Gasteiger partial charge in [-0.3, -0.25) is 9.59 Å². The first-order chi connectivity index (χ1) is 13.4. The number of ether oxygens (including phenoxy) is 2. The molecule has 0 fully saturated rings. The molecule has 9 heteroatoms. The monoisotopic (exact) mass is 393 g/mol. The first-order valence-electron chi connectivity index (χ1n) is 9.24. The van der Waals surface area contributed by atoms with Crippen LogP contribution in [0.4, 0.5) is 5.69 Å². The Morgan fingerprint density at radius 2 is 1.82 bits per heavy atom. The number of nitrogens with zero attached hydrogens (tertiary/aromatic N) is 1. The van der Waals surface area contributed by atoms with Crippen LogP contribution < -0.4 is 22.1 Å². The molecule has 0 radical (unpaired) electrons. The minimum absolute atomic E-state index is 0.0285. The summed E-state index contributed by atoms with van der Waals surface area (Å²) in [6.45, 7) is 5.59. The lowest BCUT2D eigenvalue weighted by atomic mass is 9.98. The molecule has 1 aromatic rings. The summed E-state index contributed by atoms with van der Waals surface area (Å²) in [7, 11) is 1.60. The van der Waals surface area contributed by atoms with Crippen molar-refractivity contribution in [1.82, 2.24) is 10.6 Å². The first-order valence-corrected chi connectivity index (χ1v) is 9.24. The average molecular weight is 393 g/mol. The van der Waals surface area contributed by atoms with Crippen LogP contribution in [0.3, 0.4) is 0 Å². The predicted molar refractivity (Wildman–Crippen MR) is 108 cm³/mol. The van der Waals surface area contributed by atoms with E-state index >= 15 is 0 Å². The Hall–Kier alpha value is -2.65. The highest BCUT2D eigenvalue weighted by Gasteiger charge is 2.26. The fourth-order valence-electron chi connectivity index (χ4n) is 2.36. The van der Waals surface area contributed by atoms with Crippen molar-refractivity contribution in [2.24, 2.45) is 22.4 Å². The second-order valence-electron chi connectivity index (χ2n) is 6.32. The van der Waals surface area contributed by atoms with Gasteiger partial charge in [-0.25, -0.2) is 4.99 Å². The van der Waals surface area contributed by atoms with Crippen molar-refractivity contribution >= 4 is 23.5 Å². The third kappa shape index (κ3) is 8.36. The lowest BCUT2D eigenvalue weighted by Crippen LogP contribution is -2.50. The van der Waals surface area contributed by atoms with Gasteiger partial charge in [0, 0.05) is 19.2 Å². The molecule has 28 heavy (non-hydrogen) atoms. The summed E-state index contributed by atoms with van der Waals surface area (Å²) in [4.78, 5) is 29.0. The smallest absolute Gasteiger partial charge is 0.251 e. The Morgan fingerprint density at radius 3 is 2.39 bits per heavy atom. The van der Waals surface area contributed by atoms with Crippen molar-refractivity contribution in [3.63, 3.8) is 0 Å². The van der Waals surface area contributed by atoms with Gasteiger partial charge >= 0.3 is 0 Å². The molecular formula is C19H31N5O4. The van der Waals surface area contributed by atoms with Gasteiger partial charge in [-0.15, -0.1) is 0 Å². The number of hydrogen-bond acceptors (Lipinski definition) is 5. The van der Waals surface area contributed by atoms with Crippen molar-refractivity contribution in [2.45, 2.75) is 26.3 Å². The minimum atomic E-state index is -0.645. The zero-order valence-corrected chi connectivity index (χ0v) is 16.7. The number of benzene rings is 1. The quantitative estimate of drug-likeness (QED) is 0.232. The van der Waals surface area contributed by atoms with Crippen molar-refractivity contribution in [1.29, 1.82) is 0 Å². The van der Waals surface area contributed by atoms with Crippen molar-refractivity contribution < 1.29 is 19.1 Å². The summed E-state index contributed by atoms with van der Waals surface area (Å²) in [5.41, 5.74) is 11.6. The molecule has 0 bridgehead atoms. The molecule has 6 N–H and O–H groups in total. The normalized spacial score (nSPS) is 12.7. The number of methoxy groups -OCH3 is 1. The van der Waals surface area contributed by atoms with Gasteiger partial charge in [0.05, 0.1) is 25.5 Å². The molecule has 0 aromatic heterocycles. The van der Waals surface area contributed by atoms with E-state index in [1.54, 1.807) is 31.4 Å². The fourth-order valence-corrected chi connectivity index (χ4v) is 2.36. The van der Waals surface area contributed by atoms with Gasteiger partial charge in [-0.2, -0.15) is 0 Å². The lowest BCUT2D eigenvalue weighted by molar-refractivity contribution is -0.124. The van der Waals surface area contributed by atoms with Gasteiger partial charge < -0.3 is 31.6 Å². The topological polar surface area (TPSA) is 141 Å². The molecule has 0 saturated carbocycles. The summed E-state index contributed by atoms with van der Waals surface area (Å²) >= 11 is 0. The third-order valence-electron chi connectivity index (χ3n) is 4.15. The highest BCUT2D eigenvalue weighted by atomic mass is 16.5. The largest absolute Gasteiger partial charge is 0.382 e. The van der Waals surface area contributed by atoms with Crippen LogP contribution >= 0.6 is 0 Å². The average Bonchev–Trinajstić information content (AvgIpc) is 2.67. The summed E-state index contributed by atoms with van der Waals surface area (Å²) in [6, 6.07) is 5.82. The van der Waals surface area contributed by atoms with E-state index in [0.29, 0.717) is 37.6 Å². The molecule has 156 valence electrons. The fraction of sp³-hybridized carbons (Fsp3) is 0.526. The molecule has 0 heterocycles. The van der Waals surface area contributed by atoms with Gasteiger partial charge in [0.2, 0.25) is 5.91 Å². The van der Waals surface area contributed by atoms with Crippen LogP contribution in [0.2, 0.25) is 0 Å². The van der Waals surface area contributed by atoms with Crippen molar-refractivity contribution in [3.05, 3.63) is 29.8 Å². The Kier molecular flexibility index (Phi) is 10.6. The number of aliphatic imine (C=N–C) groups is 1. The number of hydrogen-bond donors (Lipinski definition) is 4. The highest BCUT2D eigenvalue weighted by Crippen LogP contribution is 2.14. The molecule has 2 amide bonds. The Balaban J connectivity index is 2.65. The SMILES string of the molecule is CCC(C)[C@H](NC(=O)c1ccc(N=C(N)N)cc1)C(=O)NCCOCCOC. The minimum Gasteiger partial charge on any atom is -0.382 e. The number of guanidine groups is 1. The van der Waals surface area contributed by atoms with E-state index in [1.807, 2.05) is 13.8 Å². The summed E-state index contributed by atoms with van der Waals surface area (Å²) in [6.07, 6.45) is 0.742. The standard InChI is InChI=1S/C19H31N5O4/c1-4-13(2)16(18(26)22-9-10-28-12-11-27-3)24-17(25)14-5-7-15(8-6-14)23-19(20)21/h5-8,13,16H,4,9-12H2,1-3H3,(H,22,26)(H,24,25)(H4,20,21,23)/t13?,16-/m0/s1. The molecule has 0 aliphatic rings. The van der Waals surface area contributed by atoms with Crippen LogP contribution in [-0.2, 0) is 14.3 Å². The van der Waals surface area contributed by atoms with Gasteiger partial charge in [0.15, 0.2) is 5.96 Å². The van der Waals surface area contributed by atoms with Crippen molar-refractivity contribution in [2.75, 3.05) is 33.5 Å². The van der Waals surface area contributed by atoms with Gasteiger partial charge in [-0.05, 0) is 30.2 Å². The second kappa shape index (κ2) is 12.7. The second-order valence-corrected chi connectivity index (χ2v) is 6.32. The molecule has 0 spiro atoms. The van der Waals surface area contributed by atoms with Crippen LogP contribution in [0.1, 0.15) is 30.6 Å². The highest BCUT2D eigenvalue weighted by molar-refractivity contribution is 5.97. The number of nitrogens with two attached hydrogens (primary N) is 2. The maximum absolute atomic E-state index is 12.5. The molecule has 1 aromatic carbocycles. The number of nitrogens with one attached hydrogen (secondary N) is 2. The van der Waals surface area contributed by atoms with Crippen molar-refractivity contribution in [3.8, 4) is 0 Å². The van der Waals surface area contributed by atoms with Crippen LogP contribution in [-0.4, -0.2) is 57.3 Å². The number of rotatable bonds is 12. The van der Waals surface area contributed by atoms with Crippen LogP contribution in [0.15, 0.2) is 29.3 Å². The first kappa shape index (κ1) is 23.4. The molecule has 1 unspecified atom stereocenters. The van der Waals surface area contributed by atoms with Gasteiger partial charge in [-0.1, -0.05) is 20.3 Å². The Morgan fingerprint density at radius 1 is 1.14 bits per heavy atom. The summed E-state index contributed by atoms with van der Waals surface area (Å²) in [5, 5.41) is 5.61. The molecule has 9 nitrogen and oxygen atoms in total. The summed E-state index contributed by atoms with van der Waals surface area (Å²) in [5.74, 6) is -0.667. The maximum Gasteiger partial charge on any atom is 0.251 e. The zero-order chi connectivity index (χ0) is 20.9. The lowest BCUT2D eigenvalue weighted by Gasteiger charge is -2.23. The maximum atomic E-state index is 12.5. The number of carbonyl (C=O) groups is 2. The number of carbonyl (C=O) groups excluding carboxylic acids is 2. The van der Waals surface area contributed by atoms with Gasteiger partial charge in [0.25, 0.3) is 5.91 Å². The van der Waals surface area contributed by atoms with Gasteiger partial charge in [0.1, 0.15) is 6.04 Å². The third-order valence-corrected chi connectivity index (χ3v) is 4.15. The molecule has 1 rings (SSSR count). The number of amides is 2. The van der Waals surface area contributed by atoms with E-state index in [-0.39, 0.29) is 23.7 Å². The van der Waals surface area contributed by atoms with E-state index in [4.69, 9.17) is 20.9 Å². The van der Waals surface area contributed by atoms with Crippen LogP contribution in [0, 0.1) is 5.92 Å². The van der Waals surface area contributed by atoms with E-state index in [9.17, 15) is 9.59 Å². The van der Waals surface area contributed by atoms with Crippen LogP contribution in [0.25, 0.3) is 0 Å². The van der Waals surface area contributed by atoms with E-state index in [2.05, 4.69) is 15.6 Å². The Bertz CT molecular complexity index is 644. The molecule has 0 saturated heterocycles. The zero-order valence-electron chi connectivity index (χ0n) is 16.7. The Labute approximate surface area is 165 Å². The van der Waals surface area contributed by atoms with Crippen LogP contribution in [0.5, 0.6) is 0 Å². The summed E-state index contributed by atoms with van der Waals surface area (Å²) < 4.78 is 10.2. The molecule has 0 aliphatic heterocycles. The van der Waals surface area contributed by atoms with E-state index in [1.165, 1.54) is 0 Å². The van der Waals surface area contributed by atoms with E-state index < -0.39 is 6.04 Å². The van der Waals surface area contributed by atoms with E-state index in [0.717, 1.165) is 6.42 Å². The molecule has 0 aliphatic carbocycles.